The number of carbonyl (C=O) groups excluding carboxylic acids is 2. The molecule has 0 spiro atoms. The van der Waals surface area contributed by atoms with Gasteiger partial charge in [0, 0.05) is 12.8 Å². The average Bonchev–Trinajstić information content (AvgIpc) is 2.45. The molecule has 5 heteroatoms. The number of hydroxylamine groups is 1. The van der Waals surface area contributed by atoms with Gasteiger partial charge in [-0.2, -0.15) is 5.48 Å². The molecule has 0 aromatic rings. The highest BCUT2D eigenvalue weighted by molar-refractivity contribution is 5.81. The molecular formula is C10H17NO4. The standard InChI is InChI=1S/C10H17NO4/c1-10(2,3)14-9(13)11-15-8-5-4-7(12)6-8/h8H,4-6H2,1-3H3,(H,11,13). The van der Waals surface area contributed by atoms with E-state index in [-0.39, 0.29) is 11.9 Å². The Morgan fingerprint density at radius 1 is 1.47 bits per heavy atom. The lowest BCUT2D eigenvalue weighted by Crippen LogP contribution is -2.34. The van der Waals surface area contributed by atoms with Gasteiger partial charge in [0.2, 0.25) is 0 Å². The van der Waals surface area contributed by atoms with E-state index < -0.39 is 11.7 Å². The lowest BCUT2D eigenvalue weighted by Gasteiger charge is -2.20. The Morgan fingerprint density at radius 2 is 2.13 bits per heavy atom. The quantitative estimate of drug-likeness (QED) is 0.710. The van der Waals surface area contributed by atoms with E-state index in [1.807, 2.05) is 0 Å². The first kappa shape index (κ1) is 12.0. The fraction of sp³-hybridized carbons (Fsp3) is 0.800. The van der Waals surface area contributed by atoms with Gasteiger partial charge in [0.15, 0.2) is 0 Å². The van der Waals surface area contributed by atoms with E-state index in [4.69, 9.17) is 9.57 Å². The molecule has 0 heterocycles. The van der Waals surface area contributed by atoms with Gasteiger partial charge in [-0.3, -0.25) is 9.63 Å². The molecule has 0 radical (unpaired) electrons. The van der Waals surface area contributed by atoms with Gasteiger partial charge < -0.3 is 4.74 Å². The SMILES string of the molecule is CC(C)(C)OC(=O)NOC1CCC(=O)C1. The van der Waals surface area contributed by atoms with Gasteiger partial charge in [-0.15, -0.1) is 0 Å². The van der Waals surface area contributed by atoms with Crippen molar-refractivity contribution in [1.29, 1.82) is 0 Å². The van der Waals surface area contributed by atoms with Crippen LogP contribution in [0.4, 0.5) is 4.79 Å². The van der Waals surface area contributed by atoms with E-state index in [2.05, 4.69) is 5.48 Å². The van der Waals surface area contributed by atoms with Gasteiger partial charge in [-0.1, -0.05) is 0 Å². The van der Waals surface area contributed by atoms with Crippen molar-refractivity contribution < 1.29 is 19.2 Å². The molecule has 0 aromatic carbocycles. The van der Waals surface area contributed by atoms with Crippen molar-refractivity contribution in [1.82, 2.24) is 5.48 Å². The molecule has 0 aliphatic heterocycles. The number of nitrogens with one attached hydrogen (secondary N) is 1. The molecule has 1 N–H and O–H groups in total. The Morgan fingerprint density at radius 3 is 2.60 bits per heavy atom. The molecule has 15 heavy (non-hydrogen) atoms. The maximum Gasteiger partial charge on any atom is 0.431 e. The van der Waals surface area contributed by atoms with Crippen LogP contribution in [-0.4, -0.2) is 23.6 Å². The highest BCUT2D eigenvalue weighted by atomic mass is 16.7. The lowest BCUT2D eigenvalue weighted by atomic mass is 10.2. The lowest BCUT2D eigenvalue weighted by molar-refractivity contribution is -0.118. The van der Waals surface area contributed by atoms with Crippen LogP contribution < -0.4 is 5.48 Å². The molecule has 1 rings (SSSR count). The first-order valence-corrected chi connectivity index (χ1v) is 5.03. The summed E-state index contributed by atoms with van der Waals surface area (Å²) in [6.07, 6.45) is 0.734. The van der Waals surface area contributed by atoms with Crippen molar-refractivity contribution in [3.05, 3.63) is 0 Å². The minimum atomic E-state index is -0.623. The summed E-state index contributed by atoms with van der Waals surface area (Å²) < 4.78 is 4.96. The smallest absolute Gasteiger partial charge is 0.431 e. The summed E-state index contributed by atoms with van der Waals surface area (Å²) in [5.41, 5.74) is 1.65. The molecule has 1 fully saturated rings. The molecule has 1 atom stereocenters. The minimum Gasteiger partial charge on any atom is -0.442 e. The second-order valence-electron chi connectivity index (χ2n) is 4.63. The third kappa shape index (κ3) is 4.78. The number of hydrogen-bond acceptors (Lipinski definition) is 4. The summed E-state index contributed by atoms with van der Waals surface area (Å²) in [4.78, 5) is 27.1. The summed E-state index contributed by atoms with van der Waals surface area (Å²) in [5.74, 6) is 0.172. The molecule has 0 aromatic heterocycles. The third-order valence-electron chi connectivity index (χ3n) is 1.91. The van der Waals surface area contributed by atoms with Crippen LogP contribution in [0.25, 0.3) is 0 Å². The number of Topliss-reactive ketones (excluding diaryl/α,β-unsaturated/α-hetero) is 1. The topological polar surface area (TPSA) is 64.6 Å². The molecule has 0 saturated heterocycles. The molecular weight excluding hydrogens is 198 g/mol. The van der Waals surface area contributed by atoms with Crippen LogP contribution in [0.5, 0.6) is 0 Å². The zero-order valence-electron chi connectivity index (χ0n) is 9.33. The maximum absolute atomic E-state index is 11.2. The molecule has 1 aliphatic carbocycles. The monoisotopic (exact) mass is 215 g/mol. The van der Waals surface area contributed by atoms with E-state index in [1.54, 1.807) is 20.8 Å². The van der Waals surface area contributed by atoms with Crippen molar-refractivity contribution in [2.45, 2.75) is 51.7 Å². The van der Waals surface area contributed by atoms with E-state index in [0.717, 1.165) is 0 Å². The van der Waals surface area contributed by atoms with E-state index >= 15 is 0 Å². The first-order valence-electron chi connectivity index (χ1n) is 5.03. The molecule has 1 aliphatic rings. The number of ketones is 1. The Kier molecular flexibility index (Phi) is 3.68. The first-order chi connectivity index (χ1) is 6.87. The van der Waals surface area contributed by atoms with Crippen LogP contribution in [0.15, 0.2) is 0 Å². The van der Waals surface area contributed by atoms with Gasteiger partial charge in [0.25, 0.3) is 0 Å². The second-order valence-corrected chi connectivity index (χ2v) is 4.63. The van der Waals surface area contributed by atoms with Crippen molar-refractivity contribution in [2.24, 2.45) is 0 Å². The maximum atomic E-state index is 11.2. The van der Waals surface area contributed by atoms with Crippen LogP contribution in [0, 0.1) is 0 Å². The predicted octanol–water partition coefficient (Wildman–Crippen LogP) is 1.56. The molecule has 5 nitrogen and oxygen atoms in total. The number of carbonyl (C=O) groups is 2. The fourth-order valence-corrected chi connectivity index (χ4v) is 1.31. The number of amides is 1. The van der Waals surface area contributed by atoms with Crippen molar-refractivity contribution in [2.75, 3.05) is 0 Å². The highest BCUT2D eigenvalue weighted by Gasteiger charge is 2.24. The molecule has 1 unspecified atom stereocenters. The van der Waals surface area contributed by atoms with Crippen molar-refractivity contribution in [3.63, 3.8) is 0 Å². The summed E-state index contributed by atoms with van der Waals surface area (Å²) in [5, 5.41) is 0. The van der Waals surface area contributed by atoms with E-state index in [0.29, 0.717) is 19.3 Å². The summed E-state index contributed by atoms with van der Waals surface area (Å²) in [6, 6.07) is 0. The number of hydrogen-bond donors (Lipinski definition) is 1. The van der Waals surface area contributed by atoms with Crippen LogP contribution in [-0.2, 0) is 14.4 Å². The normalized spacial score (nSPS) is 21.5. The van der Waals surface area contributed by atoms with Crippen LogP contribution in [0.2, 0.25) is 0 Å². The number of ether oxygens (including phenoxy) is 1. The van der Waals surface area contributed by atoms with Crippen molar-refractivity contribution in [3.8, 4) is 0 Å². The predicted molar refractivity (Wildman–Crippen MR) is 53.1 cm³/mol. The molecule has 1 amide bonds. The van der Waals surface area contributed by atoms with Gasteiger partial charge in [0.05, 0.1) is 6.10 Å². The Labute approximate surface area is 89.1 Å². The van der Waals surface area contributed by atoms with Gasteiger partial charge in [-0.05, 0) is 27.2 Å². The van der Waals surface area contributed by atoms with E-state index in [1.165, 1.54) is 0 Å². The third-order valence-corrected chi connectivity index (χ3v) is 1.91. The minimum absolute atomic E-state index is 0.172. The van der Waals surface area contributed by atoms with Gasteiger partial charge >= 0.3 is 6.09 Å². The highest BCUT2D eigenvalue weighted by Crippen LogP contribution is 2.17. The zero-order chi connectivity index (χ0) is 11.5. The van der Waals surface area contributed by atoms with Gasteiger partial charge in [0.1, 0.15) is 11.4 Å². The fourth-order valence-electron chi connectivity index (χ4n) is 1.31. The van der Waals surface area contributed by atoms with E-state index in [9.17, 15) is 9.59 Å². The molecule has 86 valence electrons. The average molecular weight is 215 g/mol. The Bertz CT molecular complexity index is 257. The molecule has 1 saturated carbocycles. The zero-order valence-corrected chi connectivity index (χ0v) is 9.33. The second kappa shape index (κ2) is 4.61. The number of rotatable bonds is 2. The molecule has 0 bridgehead atoms. The Balaban J connectivity index is 2.20. The van der Waals surface area contributed by atoms with Crippen LogP contribution in [0.1, 0.15) is 40.0 Å². The Hall–Kier alpha value is -1.10. The summed E-state index contributed by atoms with van der Waals surface area (Å²) >= 11 is 0. The summed E-state index contributed by atoms with van der Waals surface area (Å²) in [6.45, 7) is 5.31. The van der Waals surface area contributed by atoms with Crippen LogP contribution in [0.3, 0.4) is 0 Å². The van der Waals surface area contributed by atoms with Crippen LogP contribution >= 0.6 is 0 Å². The van der Waals surface area contributed by atoms with Gasteiger partial charge in [-0.25, -0.2) is 4.79 Å². The summed E-state index contributed by atoms with van der Waals surface area (Å²) in [7, 11) is 0. The van der Waals surface area contributed by atoms with Crippen molar-refractivity contribution >= 4 is 11.9 Å². The largest absolute Gasteiger partial charge is 0.442 e.